The lowest BCUT2D eigenvalue weighted by Crippen LogP contribution is -2.17. The van der Waals surface area contributed by atoms with Crippen molar-refractivity contribution in [3.05, 3.63) is 35.7 Å². The monoisotopic (exact) mass is 333 g/mol. The third kappa shape index (κ3) is 4.63. The second kappa shape index (κ2) is 7.01. The highest BCUT2D eigenvalue weighted by molar-refractivity contribution is 7.99. The number of rotatable bonds is 6. The van der Waals surface area contributed by atoms with Crippen LogP contribution in [0.25, 0.3) is 0 Å². The topological polar surface area (TPSA) is 60.2 Å². The van der Waals surface area contributed by atoms with Crippen molar-refractivity contribution in [2.45, 2.75) is 24.5 Å². The fraction of sp³-hybridized carbons (Fsp3) is 0.385. The predicted octanol–water partition coefficient (Wildman–Crippen LogP) is 2.54. The highest BCUT2D eigenvalue weighted by atomic mass is 32.2. The largest absolute Gasteiger partial charge is 0.573 e. The number of benzene rings is 1. The van der Waals surface area contributed by atoms with Gasteiger partial charge in [0.1, 0.15) is 12.4 Å². The lowest BCUT2D eigenvalue weighted by molar-refractivity contribution is -0.274. The van der Waals surface area contributed by atoms with Gasteiger partial charge >= 0.3 is 6.36 Å². The van der Waals surface area contributed by atoms with Crippen LogP contribution in [0.15, 0.2) is 29.4 Å². The van der Waals surface area contributed by atoms with Crippen molar-refractivity contribution in [3.8, 4) is 5.75 Å². The summed E-state index contributed by atoms with van der Waals surface area (Å²) in [6.45, 7) is -0.194. The van der Waals surface area contributed by atoms with E-state index in [0.717, 1.165) is 5.56 Å². The highest BCUT2D eigenvalue weighted by Gasteiger charge is 2.31. The molecule has 0 atom stereocenters. The molecular weight excluding hydrogens is 319 g/mol. The number of halogens is 3. The second-order valence-electron chi connectivity index (χ2n) is 4.41. The van der Waals surface area contributed by atoms with Gasteiger partial charge in [-0.2, -0.15) is 0 Å². The molecule has 22 heavy (non-hydrogen) atoms. The van der Waals surface area contributed by atoms with Crippen molar-refractivity contribution in [2.24, 2.45) is 7.05 Å². The Balaban J connectivity index is 1.91. The van der Waals surface area contributed by atoms with E-state index in [1.807, 2.05) is 0 Å². The third-order valence-electron chi connectivity index (χ3n) is 2.82. The summed E-state index contributed by atoms with van der Waals surface area (Å²) < 4.78 is 42.0. The van der Waals surface area contributed by atoms with Crippen molar-refractivity contribution < 1.29 is 23.0 Å². The molecule has 0 radical (unpaired) electrons. The van der Waals surface area contributed by atoms with Crippen molar-refractivity contribution in [1.82, 2.24) is 14.8 Å². The minimum absolute atomic E-state index is 0.194. The number of alkyl halides is 3. The van der Waals surface area contributed by atoms with E-state index in [1.54, 1.807) is 17.7 Å². The Kier molecular flexibility index (Phi) is 5.30. The van der Waals surface area contributed by atoms with Crippen molar-refractivity contribution in [1.29, 1.82) is 0 Å². The number of aryl methyl sites for hydroxylation is 1. The highest BCUT2D eigenvalue weighted by Crippen LogP contribution is 2.24. The van der Waals surface area contributed by atoms with Gasteiger partial charge in [-0.1, -0.05) is 23.9 Å². The van der Waals surface area contributed by atoms with Crippen LogP contribution in [0, 0.1) is 0 Å². The van der Waals surface area contributed by atoms with Gasteiger partial charge in [0.25, 0.3) is 0 Å². The van der Waals surface area contributed by atoms with E-state index in [0.29, 0.717) is 23.2 Å². The number of hydrogen-bond donors (Lipinski definition) is 1. The van der Waals surface area contributed by atoms with Crippen molar-refractivity contribution in [3.63, 3.8) is 0 Å². The first-order chi connectivity index (χ1) is 10.4. The summed E-state index contributed by atoms with van der Waals surface area (Å²) in [4.78, 5) is 0. The zero-order valence-electron chi connectivity index (χ0n) is 11.7. The quantitative estimate of drug-likeness (QED) is 0.823. The Bertz CT molecular complexity index is 631. The molecule has 0 spiro atoms. The van der Waals surface area contributed by atoms with E-state index in [-0.39, 0.29) is 12.4 Å². The molecule has 0 saturated carbocycles. The fourth-order valence-corrected chi connectivity index (χ4v) is 2.68. The molecule has 0 aliphatic heterocycles. The maximum Gasteiger partial charge on any atom is 0.573 e. The van der Waals surface area contributed by atoms with E-state index in [1.165, 1.54) is 30.0 Å². The Morgan fingerprint density at radius 1 is 1.32 bits per heavy atom. The minimum atomic E-state index is -4.69. The molecule has 0 saturated heterocycles. The first kappa shape index (κ1) is 16.6. The van der Waals surface area contributed by atoms with E-state index < -0.39 is 6.36 Å². The van der Waals surface area contributed by atoms with E-state index in [2.05, 4.69) is 14.9 Å². The molecule has 1 N–H and O–H groups in total. The van der Waals surface area contributed by atoms with Gasteiger partial charge in [-0.05, 0) is 24.1 Å². The number of nitrogens with zero attached hydrogens (tertiary/aromatic N) is 3. The number of aromatic nitrogens is 3. The molecule has 0 amide bonds. The Hall–Kier alpha value is -1.74. The Morgan fingerprint density at radius 2 is 2.09 bits per heavy atom. The Morgan fingerprint density at radius 3 is 2.73 bits per heavy atom. The summed E-state index contributed by atoms with van der Waals surface area (Å²) in [6, 6.07) is 5.89. The predicted molar refractivity (Wildman–Crippen MR) is 74.5 cm³/mol. The lowest BCUT2D eigenvalue weighted by Gasteiger charge is -2.10. The maximum atomic E-state index is 12.2. The van der Waals surface area contributed by atoms with Crippen LogP contribution in [0.1, 0.15) is 11.4 Å². The molecule has 1 aromatic heterocycles. The zero-order valence-corrected chi connectivity index (χ0v) is 12.5. The normalized spacial score (nSPS) is 11.7. The van der Waals surface area contributed by atoms with Gasteiger partial charge < -0.3 is 14.4 Å². The fourth-order valence-electron chi connectivity index (χ4n) is 1.77. The van der Waals surface area contributed by atoms with Crippen molar-refractivity contribution in [2.75, 3.05) is 5.75 Å². The van der Waals surface area contributed by atoms with Gasteiger partial charge in [-0.3, -0.25) is 0 Å². The van der Waals surface area contributed by atoms with Crippen molar-refractivity contribution >= 4 is 11.8 Å². The molecule has 2 rings (SSSR count). The van der Waals surface area contributed by atoms with E-state index in [9.17, 15) is 13.2 Å². The summed E-state index contributed by atoms with van der Waals surface area (Å²) in [5, 5.41) is 17.4. The first-order valence-corrected chi connectivity index (χ1v) is 7.34. The summed E-state index contributed by atoms with van der Waals surface area (Å²) in [7, 11) is 1.74. The smallest absolute Gasteiger partial charge is 0.406 e. The van der Waals surface area contributed by atoms with Gasteiger partial charge in [0.2, 0.25) is 0 Å². The molecule has 120 valence electrons. The maximum absolute atomic E-state index is 12.2. The van der Waals surface area contributed by atoms with Gasteiger partial charge in [-0.15, -0.1) is 23.4 Å². The lowest BCUT2D eigenvalue weighted by atomic mass is 10.2. The van der Waals surface area contributed by atoms with Crippen LogP contribution in [0.4, 0.5) is 13.2 Å². The van der Waals surface area contributed by atoms with Crippen LogP contribution >= 0.6 is 11.8 Å². The minimum Gasteiger partial charge on any atom is -0.406 e. The molecule has 1 aromatic carbocycles. The first-order valence-electron chi connectivity index (χ1n) is 6.35. The molecular formula is C13H14F3N3O2S. The standard InChI is InChI=1S/C13H14F3N3O2S/c1-19-11(8-20)17-18-12(19)22-6-5-9-3-2-4-10(7-9)21-13(14,15)16/h2-4,7,20H,5-6,8H2,1H3. The molecule has 0 fully saturated rings. The Labute approximate surface area is 129 Å². The molecule has 1 heterocycles. The average molecular weight is 333 g/mol. The van der Waals surface area contributed by atoms with Gasteiger partial charge in [0.15, 0.2) is 11.0 Å². The number of hydrogen-bond acceptors (Lipinski definition) is 5. The number of thioether (sulfide) groups is 1. The molecule has 0 aliphatic rings. The molecule has 0 unspecified atom stereocenters. The molecule has 0 bridgehead atoms. The summed E-state index contributed by atoms with van der Waals surface area (Å²) in [5.74, 6) is 0.853. The molecule has 2 aromatic rings. The molecule has 9 heteroatoms. The van der Waals surface area contributed by atoms with E-state index in [4.69, 9.17) is 5.11 Å². The van der Waals surface area contributed by atoms with Gasteiger partial charge in [0.05, 0.1) is 0 Å². The molecule has 0 aliphatic carbocycles. The van der Waals surface area contributed by atoms with Crippen LogP contribution in [-0.2, 0) is 20.1 Å². The van der Waals surface area contributed by atoms with Crippen LogP contribution in [0.3, 0.4) is 0 Å². The van der Waals surface area contributed by atoms with Crippen LogP contribution < -0.4 is 4.74 Å². The number of ether oxygens (including phenoxy) is 1. The van der Waals surface area contributed by atoms with Crippen LogP contribution in [0.5, 0.6) is 5.75 Å². The third-order valence-corrected chi connectivity index (χ3v) is 3.84. The number of aliphatic hydroxyl groups excluding tert-OH is 1. The zero-order chi connectivity index (χ0) is 16.2. The SMILES string of the molecule is Cn1c(CO)nnc1SCCc1cccc(OC(F)(F)F)c1. The molecule has 5 nitrogen and oxygen atoms in total. The summed E-state index contributed by atoms with van der Waals surface area (Å²) in [5.41, 5.74) is 0.735. The van der Waals surface area contributed by atoms with E-state index >= 15 is 0 Å². The van der Waals surface area contributed by atoms with Gasteiger partial charge in [-0.25, -0.2) is 0 Å². The summed E-state index contributed by atoms with van der Waals surface area (Å²) in [6.07, 6.45) is -4.13. The second-order valence-corrected chi connectivity index (χ2v) is 5.47. The number of aliphatic hydroxyl groups is 1. The van der Waals surface area contributed by atoms with Crippen LogP contribution in [-0.4, -0.2) is 32.0 Å². The van der Waals surface area contributed by atoms with Crippen LogP contribution in [0.2, 0.25) is 0 Å². The average Bonchev–Trinajstić information content (AvgIpc) is 2.78. The van der Waals surface area contributed by atoms with Gasteiger partial charge in [0, 0.05) is 12.8 Å². The summed E-state index contributed by atoms with van der Waals surface area (Å²) >= 11 is 1.41.